The molecule has 0 saturated heterocycles. The molecular formula is C21H21NO6S2. The third kappa shape index (κ3) is 5.25. The molecule has 3 aromatic rings. The van der Waals surface area contributed by atoms with Crippen molar-refractivity contribution in [1.82, 2.24) is 0 Å². The average Bonchev–Trinajstić information content (AvgIpc) is 2.71. The first-order valence-corrected chi connectivity index (χ1v) is 12.0. The maximum atomic E-state index is 11.3. The lowest BCUT2D eigenvalue weighted by molar-refractivity contribution is 0.481. The van der Waals surface area contributed by atoms with Gasteiger partial charge in [0, 0.05) is 18.8 Å². The lowest BCUT2D eigenvalue weighted by Crippen LogP contribution is -2.21. The molecule has 2 N–H and O–H groups in total. The molecule has 158 valence electrons. The maximum Gasteiger partial charge on any atom is 0.294 e. The summed E-state index contributed by atoms with van der Waals surface area (Å²) in [5, 5.41) is 0. The van der Waals surface area contributed by atoms with Gasteiger partial charge in [-0.15, -0.1) is 0 Å². The van der Waals surface area contributed by atoms with E-state index in [0.717, 1.165) is 16.8 Å². The van der Waals surface area contributed by atoms with Gasteiger partial charge in [-0.2, -0.15) is 16.8 Å². The number of rotatable bonds is 7. The minimum atomic E-state index is -4.27. The Morgan fingerprint density at radius 2 is 1.33 bits per heavy atom. The van der Waals surface area contributed by atoms with E-state index in [1.165, 1.54) is 24.3 Å². The predicted octanol–water partition coefficient (Wildman–Crippen LogP) is 3.87. The third-order valence-electron chi connectivity index (χ3n) is 4.67. The fourth-order valence-electron chi connectivity index (χ4n) is 3.07. The summed E-state index contributed by atoms with van der Waals surface area (Å²) in [5.41, 5.74) is 3.29. The fourth-order valence-corrected chi connectivity index (χ4v) is 4.08. The Morgan fingerprint density at radius 3 is 1.87 bits per heavy atom. The molecular weight excluding hydrogens is 426 g/mol. The van der Waals surface area contributed by atoms with E-state index in [1.807, 2.05) is 31.2 Å². The molecule has 0 unspecified atom stereocenters. The van der Waals surface area contributed by atoms with Gasteiger partial charge >= 0.3 is 0 Å². The second-order valence-corrected chi connectivity index (χ2v) is 9.53. The minimum absolute atomic E-state index is 0.147. The van der Waals surface area contributed by atoms with Gasteiger partial charge in [0.1, 0.15) is 0 Å². The molecule has 0 bridgehead atoms. The summed E-state index contributed by atoms with van der Waals surface area (Å²) in [7, 11) is -8.48. The fraction of sp³-hybridized carbons (Fsp3) is 0.143. The zero-order valence-corrected chi connectivity index (χ0v) is 17.8. The Kier molecular flexibility index (Phi) is 6.27. The van der Waals surface area contributed by atoms with Gasteiger partial charge in [-0.05, 0) is 60.0 Å². The van der Waals surface area contributed by atoms with E-state index in [2.05, 4.69) is 4.90 Å². The van der Waals surface area contributed by atoms with Crippen molar-refractivity contribution in [3.63, 3.8) is 0 Å². The second kappa shape index (κ2) is 8.57. The van der Waals surface area contributed by atoms with Gasteiger partial charge in [0.15, 0.2) is 0 Å². The van der Waals surface area contributed by atoms with Crippen molar-refractivity contribution in [3.8, 4) is 11.1 Å². The molecule has 3 aromatic carbocycles. The molecule has 3 rings (SSSR count). The molecule has 0 spiro atoms. The summed E-state index contributed by atoms with van der Waals surface area (Å²) in [6, 6.07) is 19.7. The van der Waals surface area contributed by atoms with Crippen molar-refractivity contribution in [2.45, 2.75) is 23.3 Å². The van der Waals surface area contributed by atoms with E-state index in [-0.39, 0.29) is 9.79 Å². The topological polar surface area (TPSA) is 112 Å². The van der Waals surface area contributed by atoms with Crippen LogP contribution in [0.1, 0.15) is 12.5 Å². The normalized spacial score (nSPS) is 12.0. The van der Waals surface area contributed by atoms with E-state index in [0.29, 0.717) is 18.7 Å². The summed E-state index contributed by atoms with van der Waals surface area (Å²) in [4.78, 5) is 1.78. The summed E-state index contributed by atoms with van der Waals surface area (Å²) in [5.74, 6) is 0. The van der Waals surface area contributed by atoms with Crippen LogP contribution in [0.25, 0.3) is 11.1 Å². The first-order valence-electron chi connectivity index (χ1n) is 9.07. The monoisotopic (exact) mass is 447 g/mol. The molecule has 0 aliphatic carbocycles. The van der Waals surface area contributed by atoms with E-state index in [1.54, 1.807) is 24.3 Å². The summed E-state index contributed by atoms with van der Waals surface area (Å²) in [6.07, 6.45) is 0. The molecule has 9 heteroatoms. The highest BCUT2D eigenvalue weighted by Gasteiger charge is 2.12. The van der Waals surface area contributed by atoms with Gasteiger partial charge in [0.2, 0.25) is 0 Å². The van der Waals surface area contributed by atoms with E-state index in [9.17, 15) is 21.4 Å². The minimum Gasteiger partial charge on any atom is -0.367 e. The molecule has 0 atom stereocenters. The Labute approximate surface area is 176 Å². The van der Waals surface area contributed by atoms with Crippen molar-refractivity contribution < 1.29 is 25.9 Å². The third-order valence-corrected chi connectivity index (χ3v) is 6.39. The lowest BCUT2D eigenvalue weighted by atomic mass is 10.1. The van der Waals surface area contributed by atoms with Crippen LogP contribution in [0.5, 0.6) is 0 Å². The highest BCUT2D eigenvalue weighted by Crippen LogP contribution is 2.26. The zero-order chi connectivity index (χ0) is 21.9. The first-order chi connectivity index (χ1) is 14.1. The Balaban J connectivity index is 1.80. The number of anilines is 1. The van der Waals surface area contributed by atoms with Gasteiger partial charge in [0.05, 0.1) is 9.79 Å². The SMILES string of the molecule is CCN(Cc1ccc(S(=O)(=O)O)cc1)c1ccc(-c2cccc(S(=O)(=O)O)c2)cc1. The average molecular weight is 448 g/mol. The molecule has 0 saturated carbocycles. The Bertz CT molecular complexity index is 1240. The van der Waals surface area contributed by atoms with Crippen LogP contribution >= 0.6 is 0 Å². The first kappa shape index (κ1) is 22.0. The van der Waals surface area contributed by atoms with Gasteiger partial charge in [0.25, 0.3) is 20.2 Å². The molecule has 0 aliphatic heterocycles. The molecule has 0 fully saturated rings. The zero-order valence-electron chi connectivity index (χ0n) is 16.1. The van der Waals surface area contributed by atoms with Crippen LogP contribution in [0.4, 0.5) is 5.69 Å². The standard InChI is InChI=1S/C21H21NO6S2/c1-2-22(15-16-6-12-20(13-7-16)29(23,24)25)19-10-8-17(9-11-19)18-4-3-5-21(14-18)30(26,27)28/h3-14H,2,15H2,1H3,(H,23,24,25)(H,26,27,28). The number of hydrogen-bond acceptors (Lipinski definition) is 5. The molecule has 0 radical (unpaired) electrons. The van der Waals surface area contributed by atoms with E-state index < -0.39 is 20.2 Å². The molecule has 30 heavy (non-hydrogen) atoms. The van der Waals surface area contributed by atoms with Crippen LogP contribution in [-0.2, 0) is 26.8 Å². The number of benzene rings is 3. The second-order valence-electron chi connectivity index (χ2n) is 6.68. The van der Waals surface area contributed by atoms with Crippen LogP contribution in [0.15, 0.2) is 82.6 Å². The maximum absolute atomic E-state index is 11.3. The van der Waals surface area contributed by atoms with Gasteiger partial charge in [-0.25, -0.2) is 0 Å². The van der Waals surface area contributed by atoms with E-state index >= 15 is 0 Å². The van der Waals surface area contributed by atoms with Crippen LogP contribution in [0.2, 0.25) is 0 Å². The summed E-state index contributed by atoms with van der Waals surface area (Å²) in [6.45, 7) is 3.24. The van der Waals surface area contributed by atoms with Crippen molar-refractivity contribution in [1.29, 1.82) is 0 Å². The quantitative estimate of drug-likeness (QED) is 0.529. The molecule has 0 amide bonds. The highest BCUT2D eigenvalue weighted by atomic mass is 32.2. The number of nitrogens with zero attached hydrogens (tertiary/aromatic N) is 1. The summed E-state index contributed by atoms with van der Waals surface area (Å²) >= 11 is 0. The lowest BCUT2D eigenvalue weighted by Gasteiger charge is -2.23. The van der Waals surface area contributed by atoms with Crippen molar-refractivity contribution in [2.24, 2.45) is 0 Å². The van der Waals surface area contributed by atoms with Crippen LogP contribution in [0.3, 0.4) is 0 Å². The molecule has 0 aromatic heterocycles. The Morgan fingerprint density at radius 1 is 0.733 bits per heavy atom. The number of hydrogen-bond donors (Lipinski definition) is 2. The highest BCUT2D eigenvalue weighted by molar-refractivity contribution is 7.86. The Hall–Kier alpha value is -2.72. The van der Waals surface area contributed by atoms with Gasteiger partial charge < -0.3 is 4.90 Å². The molecule has 0 aliphatic rings. The van der Waals surface area contributed by atoms with Crippen molar-refractivity contribution in [3.05, 3.63) is 78.4 Å². The van der Waals surface area contributed by atoms with Crippen LogP contribution < -0.4 is 4.90 Å². The summed E-state index contributed by atoms with van der Waals surface area (Å²) < 4.78 is 63.3. The van der Waals surface area contributed by atoms with Gasteiger partial charge in [-0.3, -0.25) is 9.11 Å². The van der Waals surface area contributed by atoms with Gasteiger partial charge in [-0.1, -0.05) is 36.4 Å². The smallest absolute Gasteiger partial charge is 0.294 e. The van der Waals surface area contributed by atoms with Crippen molar-refractivity contribution in [2.75, 3.05) is 11.4 Å². The van der Waals surface area contributed by atoms with Crippen molar-refractivity contribution >= 4 is 25.9 Å². The van der Waals surface area contributed by atoms with E-state index in [4.69, 9.17) is 4.55 Å². The predicted molar refractivity (Wildman–Crippen MR) is 115 cm³/mol. The molecule has 7 nitrogen and oxygen atoms in total. The van der Waals surface area contributed by atoms with Crippen LogP contribution in [-0.4, -0.2) is 32.5 Å². The van der Waals surface area contributed by atoms with Crippen LogP contribution in [0, 0.1) is 0 Å². The largest absolute Gasteiger partial charge is 0.367 e. The molecule has 0 heterocycles.